The van der Waals surface area contributed by atoms with E-state index in [1.807, 2.05) is 18.2 Å². The van der Waals surface area contributed by atoms with Gasteiger partial charge in [0.2, 0.25) is 6.79 Å². The van der Waals surface area contributed by atoms with Crippen LogP contribution in [-0.4, -0.2) is 28.1 Å². The molecule has 3 aliphatic rings. The van der Waals surface area contributed by atoms with Gasteiger partial charge < -0.3 is 19.4 Å². The zero-order valence-electron chi connectivity index (χ0n) is 11.6. The van der Waals surface area contributed by atoms with Crippen molar-refractivity contribution in [3.63, 3.8) is 0 Å². The van der Waals surface area contributed by atoms with E-state index in [-0.39, 0.29) is 0 Å². The van der Waals surface area contributed by atoms with Crippen LogP contribution in [0.25, 0.3) is 11.4 Å². The number of aromatic nitrogens is 3. The average Bonchev–Trinajstić information content (AvgIpc) is 3.10. The van der Waals surface area contributed by atoms with E-state index >= 15 is 0 Å². The molecule has 21 heavy (non-hydrogen) atoms. The topological polar surface area (TPSA) is 61.2 Å². The highest BCUT2D eigenvalue weighted by Gasteiger charge is 2.37. The van der Waals surface area contributed by atoms with E-state index in [1.165, 1.54) is 12.8 Å². The molecule has 0 bridgehead atoms. The molecular formula is C15H16N4O2. The molecular weight excluding hydrogens is 268 g/mol. The van der Waals surface area contributed by atoms with E-state index in [2.05, 4.69) is 20.1 Å². The fourth-order valence-electron chi connectivity index (χ4n) is 3.24. The van der Waals surface area contributed by atoms with E-state index in [0.29, 0.717) is 12.8 Å². The van der Waals surface area contributed by atoms with Crippen molar-refractivity contribution in [2.75, 3.05) is 13.3 Å². The van der Waals surface area contributed by atoms with Crippen LogP contribution in [0.3, 0.4) is 0 Å². The van der Waals surface area contributed by atoms with Gasteiger partial charge in [0.05, 0.1) is 6.04 Å². The summed E-state index contributed by atoms with van der Waals surface area (Å²) in [6, 6.07) is 6.33. The highest BCUT2D eigenvalue weighted by Crippen LogP contribution is 2.42. The number of nitrogens with one attached hydrogen (secondary N) is 1. The molecule has 0 saturated heterocycles. The van der Waals surface area contributed by atoms with Crippen LogP contribution in [0.5, 0.6) is 11.5 Å². The van der Waals surface area contributed by atoms with Crippen LogP contribution in [0.2, 0.25) is 0 Å². The van der Waals surface area contributed by atoms with Crippen LogP contribution in [0, 0.1) is 5.92 Å². The maximum atomic E-state index is 5.46. The third-order valence-corrected chi connectivity index (χ3v) is 4.48. The van der Waals surface area contributed by atoms with E-state index in [4.69, 9.17) is 9.47 Å². The van der Waals surface area contributed by atoms with Gasteiger partial charge in [-0.2, -0.15) is 0 Å². The molecule has 5 rings (SSSR count). The van der Waals surface area contributed by atoms with Gasteiger partial charge in [-0.3, -0.25) is 0 Å². The lowest BCUT2D eigenvalue weighted by atomic mass is 10.1. The van der Waals surface area contributed by atoms with E-state index < -0.39 is 0 Å². The number of ether oxygens (including phenoxy) is 2. The van der Waals surface area contributed by atoms with Gasteiger partial charge in [-0.25, -0.2) is 0 Å². The molecule has 108 valence electrons. The Labute approximate surface area is 122 Å². The van der Waals surface area contributed by atoms with Crippen molar-refractivity contribution in [3.05, 3.63) is 24.0 Å². The minimum atomic E-state index is 0.296. The van der Waals surface area contributed by atoms with Crippen LogP contribution in [0.1, 0.15) is 24.7 Å². The molecule has 1 fully saturated rings. The monoisotopic (exact) mass is 284 g/mol. The Kier molecular flexibility index (Phi) is 2.32. The van der Waals surface area contributed by atoms with Crippen LogP contribution >= 0.6 is 0 Å². The lowest BCUT2D eigenvalue weighted by Gasteiger charge is -2.25. The molecule has 1 aliphatic carbocycles. The first-order valence-electron chi connectivity index (χ1n) is 7.47. The first-order valence-corrected chi connectivity index (χ1v) is 7.47. The highest BCUT2D eigenvalue weighted by molar-refractivity contribution is 5.62. The fourth-order valence-corrected chi connectivity index (χ4v) is 3.24. The third kappa shape index (κ3) is 1.75. The molecule has 6 heteroatoms. The second kappa shape index (κ2) is 4.21. The van der Waals surface area contributed by atoms with Crippen molar-refractivity contribution in [2.45, 2.75) is 25.4 Å². The molecule has 2 aliphatic heterocycles. The lowest BCUT2D eigenvalue weighted by molar-refractivity contribution is 0.174. The number of hydrogen-bond acceptors (Lipinski definition) is 5. The molecule has 1 aromatic carbocycles. The number of fused-ring (bicyclic) bond motifs is 2. The van der Waals surface area contributed by atoms with E-state index in [1.54, 1.807) is 0 Å². The maximum absolute atomic E-state index is 5.46. The Balaban J connectivity index is 1.58. The molecule has 0 spiro atoms. The summed E-state index contributed by atoms with van der Waals surface area (Å²) in [5, 5.41) is 12.5. The van der Waals surface area contributed by atoms with Gasteiger partial charge in [-0.1, -0.05) is 0 Å². The van der Waals surface area contributed by atoms with Gasteiger partial charge in [0.25, 0.3) is 0 Å². The largest absolute Gasteiger partial charge is 0.454 e. The normalized spacial score (nSPS) is 23.1. The van der Waals surface area contributed by atoms with E-state index in [0.717, 1.165) is 47.7 Å². The van der Waals surface area contributed by atoms with Gasteiger partial charge in [-0.15, -0.1) is 10.2 Å². The van der Waals surface area contributed by atoms with Crippen molar-refractivity contribution < 1.29 is 9.47 Å². The quantitative estimate of drug-likeness (QED) is 0.910. The number of hydrogen-bond donors (Lipinski definition) is 1. The van der Waals surface area contributed by atoms with Gasteiger partial charge in [0.1, 0.15) is 0 Å². The van der Waals surface area contributed by atoms with Crippen molar-refractivity contribution in [1.29, 1.82) is 0 Å². The van der Waals surface area contributed by atoms with Gasteiger partial charge >= 0.3 is 0 Å². The summed E-state index contributed by atoms with van der Waals surface area (Å²) >= 11 is 0. The highest BCUT2D eigenvalue weighted by atomic mass is 16.7. The summed E-state index contributed by atoms with van der Waals surface area (Å²) in [5.41, 5.74) is 1.04. The minimum absolute atomic E-state index is 0.296. The molecule has 2 aromatic rings. The summed E-state index contributed by atoms with van der Waals surface area (Å²) < 4.78 is 13.1. The zero-order valence-corrected chi connectivity index (χ0v) is 11.6. The zero-order chi connectivity index (χ0) is 13.8. The summed E-state index contributed by atoms with van der Waals surface area (Å²) in [7, 11) is 0. The summed E-state index contributed by atoms with van der Waals surface area (Å²) in [5.74, 6) is 4.33. The van der Waals surface area contributed by atoms with Crippen molar-refractivity contribution in [2.24, 2.45) is 5.92 Å². The van der Waals surface area contributed by atoms with Crippen molar-refractivity contribution >= 4 is 0 Å². The maximum Gasteiger partial charge on any atom is 0.231 e. The molecule has 1 N–H and O–H groups in total. The predicted molar refractivity (Wildman–Crippen MR) is 75.0 cm³/mol. The van der Waals surface area contributed by atoms with Crippen LogP contribution < -0.4 is 14.8 Å². The number of nitrogens with zero attached hydrogens (tertiary/aromatic N) is 3. The smallest absolute Gasteiger partial charge is 0.231 e. The molecule has 1 unspecified atom stereocenters. The summed E-state index contributed by atoms with van der Waals surface area (Å²) in [6.45, 7) is 2.18. The molecule has 0 radical (unpaired) electrons. The number of rotatable bonds is 2. The summed E-state index contributed by atoms with van der Waals surface area (Å²) in [6.07, 6.45) is 2.59. The standard InChI is InChI=1S/C15H16N4O2/c1-2-9(1)13-15-18-17-14(19(15)6-5-16-13)10-3-4-11-12(7-10)21-8-20-11/h3-4,7,9,13,16H,1-2,5-6,8H2. The Morgan fingerprint density at radius 3 is 2.95 bits per heavy atom. The predicted octanol–water partition coefficient (Wildman–Crippen LogP) is 1.73. The minimum Gasteiger partial charge on any atom is -0.454 e. The third-order valence-electron chi connectivity index (χ3n) is 4.48. The molecule has 6 nitrogen and oxygen atoms in total. The Morgan fingerprint density at radius 2 is 2.05 bits per heavy atom. The SMILES string of the molecule is c1cc2c(cc1-c1nnc3n1CCNC3C1CC1)OCO2. The van der Waals surface area contributed by atoms with Crippen molar-refractivity contribution in [1.82, 2.24) is 20.1 Å². The van der Waals surface area contributed by atoms with Gasteiger partial charge in [-0.05, 0) is 37.0 Å². The van der Waals surface area contributed by atoms with Gasteiger partial charge in [0, 0.05) is 18.7 Å². The second-order valence-corrected chi connectivity index (χ2v) is 5.87. The van der Waals surface area contributed by atoms with Crippen molar-refractivity contribution in [3.8, 4) is 22.9 Å². The Morgan fingerprint density at radius 1 is 1.14 bits per heavy atom. The molecule has 1 aromatic heterocycles. The molecule has 3 heterocycles. The molecule has 0 amide bonds. The lowest BCUT2D eigenvalue weighted by Crippen LogP contribution is -2.35. The summed E-state index contributed by atoms with van der Waals surface area (Å²) in [4.78, 5) is 0. The fraction of sp³-hybridized carbons (Fsp3) is 0.467. The first kappa shape index (κ1) is 11.6. The average molecular weight is 284 g/mol. The van der Waals surface area contributed by atoms with Crippen LogP contribution in [0.15, 0.2) is 18.2 Å². The van der Waals surface area contributed by atoms with Crippen LogP contribution in [0.4, 0.5) is 0 Å². The molecule has 1 saturated carbocycles. The molecule has 1 atom stereocenters. The van der Waals surface area contributed by atoms with Gasteiger partial charge in [0.15, 0.2) is 23.1 Å². The Hall–Kier alpha value is -2.08. The second-order valence-electron chi connectivity index (χ2n) is 5.87. The van der Waals surface area contributed by atoms with E-state index in [9.17, 15) is 0 Å². The first-order chi connectivity index (χ1) is 10.4. The Bertz CT molecular complexity index is 708. The van der Waals surface area contributed by atoms with Crippen LogP contribution in [-0.2, 0) is 6.54 Å². The number of benzene rings is 1.